The van der Waals surface area contributed by atoms with Crippen LogP contribution in [0.1, 0.15) is 65.1 Å². The molecule has 0 aromatic carbocycles. The summed E-state index contributed by atoms with van der Waals surface area (Å²) in [7, 11) is 0. The maximum atomic E-state index is 4.73. The van der Waals surface area contributed by atoms with Crippen molar-refractivity contribution in [3.8, 4) is 0 Å². The fourth-order valence-electron chi connectivity index (χ4n) is 3.25. The first-order valence-electron chi connectivity index (χ1n) is 8.63. The molecule has 1 aliphatic rings. The highest BCUT2D eigenvalue weighted by molar-refractivity contribution is 5.46. The summed E-state index contributed by atoms with van der Waals surface area (Å²) in [5.41, 5.74) is 2.45. The van der Waals surface area contributed by atoms with Crippen LogP contribution in [0.25, 0.3) is 0 Å². The molecule has 1 aromatic heterocycles. The molecule has 3 unspecified atom stereocenters. The summed E-state index contributed by atoms with van der Waals surface area (Å²) in [6.07, 6.45) is 6.96. The molecule has 0 amide bonds. The summed E-state index contributed by atoms with van der Waals surface area (Å²) in [4.78, 5) is 7.25. The molecular weight excluding hydrogens is 258 g/mol. The molecule has 1 fully saturated rings. The minimum atomic E-state index is 0.386. The topological polar surface area (TPSA) is 28.2 Å². The minimum absolute atomic E-state index is 0.386. The predicted molar refractivity (Wildman–Crippen MR) is 90.8 cm³/mol. The van der Waals surface area contributed by atoms with Gasteiger partial charge in [-0.15, -0.1) is 0 Å². The van der Waals surface area contributed by atoms with E-state index in [1.165, 1.54) is 24.2 Å². The van der Waals surface area contributed by atoms with Crippen LogP contribution in [0.3, 0.4) is 0 Å². The van der Waals surface area contributed by atoms with E-state index in [-0.39, 0.29) is 0 Å². The van der Waals surface area contributed by atoms with Crippen molar-refractivity contribution in [1.29, 1.82) is 0 Å². The first kappa shape index (κ1) is 16.3. The third-order valence-electron chi connectivity index (χ3n) is 4.88. The highest BCUT2D eigenvalue weighted by Crippen LogP contribution is 2.28. The van der Waals surface area contributed by atoms with Crippen molar-refractivity contribution in [2.24, 2.45) is 5.92 Å². The highest BCUT2D eigenvalue weighted by Gasteiger charge is 2.25. The van der Waals surface area contributed by atoms with E-state index in [9.17, 15) is 0 Å². The van der Waals surface area contributed by atoms with Gasteiger partial charge in [-0.1, -0.05) is 20.8 Å². The lowest BCUT2D eigenvalue weighted by atomic mass is 9.92. The van der Waals surface area contributed by atoms with Gasteiger partial charge >= 0.3 is 0 Å². The van der Waals surface area contributed by atoms with Crippen LogP contribution >= 0.6 is 0 Å². The molecule has 3 atom stereocenters. The van der Waals surface area contributed by atoms with Gasteiger partial charge in [0, 0.05) is 18.6 Å². The Morgan fingerprint density at radius 1 is 1.33 bits per heavy atom. The second-order valence-electron chi connectivity index (χ2n) is 6.41. The van der Waals surface area contributed by atoms with Gasteiger partial charge in [0.25, 0.3) is 0 Å². The van der Waals surface area contributed by atoms with Gasteiger partial charge in [-0.05, 0) is 57.2 Å². The van der Waals surface area contributed by atoms with Gasteiger partial charge in [0.05, 0.1) is 17.6 Å². The largest absolute Gasteiger partial charge is 0.367 e. The second-order valence-corrected chi connectivity index (χ2v) is 6.41. The monoisotopic (exact) mass is 289 g/mol. The Balaban J connectivity index is 2.07. The van der Waals surface area contributed by atoms with E-state index in [1.807, 2.05) is 0 Å². The predicted octanol–water partition coefficient (Wildman–Crippen LogP) is 4.16. The fraction of sp³-hybridized carbons (Fsp3) is 0.722. The molecule has 1 aliphatic heterocycles. The van der Waals surface area contributed by atoms with E-state index < -0.39 is 0 Å². The smallest absolute Gasteiger partial charge is 0.0574 e. The van der Waals surface area contributed by atoms with Crippen LogP contribution in [-0.4, -0.2) is 24.1 Å². The molecule has 0 bridgehead atoms. The van der Waals surface area contributed by atoms with Gasteiger partial charge in [-0.25, -0.2) is 0 Å². The van der Waals surface area contributed by atoms with Crippen molar-refractivity contribution in [2.75, 3.05) is 18.0 Å². The Hall–Kier alpha value is -1.09. The molecular formula is C18H31N3. The van der Waals surface area contributed by atoms with E-state index >= 15 is 0 Å². The van der Waals surface area contributed by atoms with Crippen molar-refractivity contribution < 1.29 is 0 Å². The van der Waals surface area contributed by atoms with E-state index in [2.05, 4.69) is 56.2 Å². The summed E-state index contributed by atoms with van der Waals surface area (Å²) in [6.45, 7) is 11.3. The number of rotatable bonds is 6. The zero-order valence-electron chi connectivity index (χ0n) is 14.1. The average Bonchev–Trinajstić information content (AvgIpc) is 2.51. The lowest BCUT2D eigenvalue weighted by molar-refractivity contribution is 0.363. The molecule has 1 N–H and O–H groups in total. The molecule has 0 saturated carbocycles. The Morgan fingerprint density at radius 3 is 2.76 bits per heavy atom. The van der Waals surface area contributed by atoms with Crippen LogP contribution in [0.4, 0.5) is 5.69 Å². The molecule has 0 spiro atoms. The fourth-order valence-corrected chi connectivity index (χ4v) is 3.25. The third-order valence-corrected chi connectivity index (χ3v) is 4.88. The number of anilines is 1. The molecule has 118 valence electrons. The first-order valence-corrected chi connectivity index (χ1v) is 8.63. The molecule has 0 aliphatic carbocycles. The molecule has 2 heterocycles. The Kier molecular flexibility index (Phi) is 6.04. The maximum Gasteiger partial charge on any atom is 0.0574 e. The second kappa shape index (κ2) is 7.79. The van der Waals surface area contributed by atoms with Crippen molar-refractivity contribution in [2.45, 2.75) is 65.5 Å². The van der Waals surface area contributed by atoms with E-state index in [4.69, 9.17) is 4.98 Å². The molecule has 21 heavy (non-hydrogen) atoms. The first-order chi connectivity index (χ1) is 10.2. The van der Waals surface area contributed by atoms with Gasteiger partial charge in [0.1, 0.15) is 0 Å². The van der Waals surface area contributed by atoms with Gasteiger partial charge in [0.2, 0.25) is 0 Å². The van der Waals surface area contributed by atoms with Gasteiger partial charge in [-0.3, -0.25) is 4.98 Å². The number of piperidine rings is 1. The summed E-state index contributed by atoms with van der Waals surface area (Å²) in [5.74, 6) is 0.771. The molecule has 3 nitrogen and oxygen atoms in total. The molecule has 2 rings (SSSR count). The summed E-state index contributed by atoms with van der Waals surface area (Å²) in [6, 6.07) is 5.47. The zero-order chi connectivity index (χ0) is 15.2. The average molecular weight is 289 g/mol. The highest BCUT2D eigenvalue weighted by atomic mass is 15.2. The molecule has 1 aromatic rings. The van der Waals surface area contributed by atoms with Gasteiger partial charge < -0.3 is 10.2 Å². The van der Waals surface area contributed by atoms with E-state index in [0.29, 0.717) is 12.1 Å². The lowest BCUT2D eigenvalue weighted by Crippen LogP contribution is -2.42. The molecule has 1 saturated heterocycles. The SMILES string of the molecule is CCCNC(CC)c1ccc(N2CCCC(C)C2C)cn1. The van der Waals surface area contributed by atoms with Gasteiger partial charge in [-0.2, -0.15) is 0 Å². The summed E-state index contributed by atoms with van der Waals surface area (Å²) < 4.78 is 0. The van der Waals surface area contributed by atoms with Crippen LogP contribution in [0, 0.1) is 5.92 Å². The Bertz CT molecular complexity index is 415. The lowest BCUT2D eigenvalue weighted by Gasteiger charge is -2.39. The van der Waals surface area contributed by atoms with Crippen LogP contribution in [-0.2, 0) is 0 Å². The van der Waals surface area contributed by atoms with Gasteiger partial charge in [0.15, 0.2) is 0 Å². The van der Waals surface area contributed by atoms with Crippen molar-refractivity contribution in [1.82, 2.24) is 10.3 Å². The summed E-state index contributed by atoms with van der Waals surface area (Å²) in [5, 5.41) is 3.57. The summed E-state index contributed by atoms with van der Waals surface area (Å²) >= 11 is 0. The van der Waals surface area contributed by atoms with Crippen LogP contribution in [0.2, 0.25) is 0 Å². The zero-order valence-corrected chi connectivity index (χ0v) is 14.1. The normalized spacial score (nSPS) is 24.1. The number of aromatic nitrogens is 1. The molecule has 0 radical (unpaired) electrons. The maximum absolute atomic E-state index is 4.73. The minimum Gasteiger partial charge on any atom is -0.367 e. The Labute approximate surface area is 130 Å². The number of nitrogens with one attached hydrogen (secondary N) is 1. The standard InChI is InChI=1S/C18H31N3/c1-5-11-19-17(6-2)18-10-9-16(13-20-18)21-12-7-8-14(3)15(21)4/h9-10,13-15,17,19H,5-8,11-12H2,1-4H3. The Morgan fingerprint density at radius 2 is 2.14 bits per heavy atom. The van der Waals surface area contributed by atoms with E-state index in [1.54, 1.807) is 0 Å². The van der Waals surface area contributed by atoms with Crippen LogP contribution < -0.4 is 10.2 Å². The molecule has 3 heteroatoms. The van der Waals surface area contributed by atoms with Crippen LogP contribution in [0.5, 0.6) is 0 Å². The number of hydrogen-bond acceptors (Lipinski definition) is 3. The van der Waals surface area contributed by atoms with Crippen molar-refractivity contribution >= 4 is 5.69 Å². The quantitative estimate of drug-likeness (QED) is 0.852. The van der Waals surface area contributed by atoms with Crippen molar-refractivity contribution in [3.63, 3.8) is 0 Å². The number of nitrogens with zero attached hydrogens (tertiary/aromatic N) is 2. The van der Waals surface area contributed by atoms with E-state index in [0.717, 1.165) is 31.8 Å². The van der Waals surface area contributed by atoms with Crippen molar-refractivity contribution in [3.05, 3.63) is 24.0 Å². The van der Waals surface area contributed by atoms with Crippen LogP contribution in [0.15, 0.2) is 18.3 Å². The number of pyridine rings is 1. The number of hydrogen-bond donors (Lipinski definition) is 1. The third kappa shape index (κ3) is 3.97.